The lowest BCUT2D eigenvalue weighted by molar-refractivity contribution is 0.681. The molecule has 0 N–H and O–H groups in total. The Balaban J connectivity index is 1.91. The van der Waals surface area contributed by atoms with Crippen LogP contribution in [0.4, 0.5) is 5.69 Å². The van der Waals surface area contributed by atoms with E-state index in [2.05, 4.69) is 18.2 Å². The summed E-state index contributed by atoms with van der Waals surface area (Å²) in [4.78, 5) is 0.773. The second-order valence-corrected chi connectivity index (χ2v) is 7.71. The van der Waals surface area contributed by atoms with Crippen LogP contribution in [0.25, 0.3) is 11.1 Å². The number of rotatable bonds is 1. The Bertz CT molecular complexity index is 926. The number of benzene rings is 3. The summed E-state index contributed by atoms with van der Waals surface area (Å²) in [5.74, 6) is 0. The van der Waals surface area contributed by atoms with Crippen molar-refractivity contribution in [2.24, 2.45) is 0 Å². The molecular formula is C20H16ClNOS. The summed E-state index contributed by atoms with van der Waals surface area (Å²) in [7, 11) is 0.556. The third-order valence-electron chi connectivity index (χ3n) is 4.38. The summed E-state index contributed by atoms with van der Waals surface area (Å²) in [6.45, 7) is 0. The summed E-state index contributed by atoms with van der Waals surface area (Å²) in [6, 6.07) is 24.0. The quantitative estimate of drug-likeness (QED) is 0.554. The van der Waals surface area contributed by atoms with Gasteiger partial charge in [-0.25, -0.2) is 4.21 Å². The third kappa shape index (κ3) is 2.45. The highest BCUT2D eigenvalue weighted by Gasteiger charge is 2.29. The SMILES string of the molecule is CN1c2ccccc2C(Cl)c2ccc(-c3ccccc3)cc2S1=O. The molecule has 0 bridgehead atoms. The molecule has 3 aromatic carbocycles. The third-order valence-corrected chi connectivity index (χ3v) is 6.27. The average molecular weight is 354 g/mol. The number of hydrogen-bond acceptors (Lipinski definition) is 1. The highest BCUT2D eigenvalue weighted by Crippen LogP contribution is 2.42. The van der Waals surface area contributed by atoms with Gasteiger partial charge in [-0.2, -0.15) is 0 Å². The van der Waals surface area contributed by atoms with Gasteiger partial charge in [0.15, 0.2) is 11.0 Å². The molecule has 0 saturated carbocycles. The Hall–Kier alpha value is -2.10. The lowest BCUT2D eigenvalue weighted by Gasteiger charge is -2.18. The summed E-state index contributed by atoms with van der Waals surface area (Å²) in [5, 5.41) is -0.310. The molecule has 0 amide bonds. The fourth-order valence-electron chi connectivity index (χ4n) is 3.10. The van der Waals surface area contributed by atoms with Crippen molar-refractivity contribution in [3.05, 3.63) is 83.9 Å². The summed E-state index contributed by atoms with van der Waals surface area (Å²) >= 11 is 6.75. The molecule has 0 fully saturated rings. The highest BCUT2D eigenvalue weighted by molar-refractivity contribution is 7.86. The largest absolute Gasteiger partial charge is 0.290 e. The van der Waals surface area contributed by atoms with Gasteiger partial charge in [-0.15, -0.1) is 11.6 Å². The first kappa shape index (κ1) is 15.4. The van der Waals surface area contributed by atoms with E-state index in [0.29, 0.717) is 0 Å². The van der Waals surface area contributed by atoms with Crippen molar-refractivity contribution < 1.29 is 4.21 Å². The van der Waals surface area contributed by atoms with Gasteiger partial charge in [0, 0.05) is 7.05 Å². The molecule has 24 heavy (non-hydrogen) atoms. The first-order valence-electron chi connectivity index (χ1n) is 7.75. The van der Waals surface area contributed by atoms with Crippen LogP contribution in [0, 0.1) is 0 Å². The van der Waals surface area contributed by atoms with Crippen LogP contribution in [-0.4, -0.2) is 11.3 Å². The topological polar surface area (TPSA) is 20.3 Å². The van der Waals surface area contributed by atoms with Crippen LogP contribution >= 0.6 is 11.6 Å². The van der Waals surface area contributed by atoms with Crippen molar-refractivity contribution >= 4 is 28.3 Å². The van der Waals surface area contributed by atoms with Gasteiger partial charge < -0.3 is 0 Å². The maximum Gasteiger partial charge on any atom is 0.153 e. The number of para-hydroxylation sites is 1. The van der Waals surface area contributed by atoms with E-state index in [0.717, 1.165) is 32.8 Å². The molecule has 2 nitrogen and oxygen atoms in total. The lowest BCUT2D eigenvalue weighted by atomic mass is 9.99. The molecule has 0 aliphatic carbocycles. The summed E-state index contributed by atoms with van der Waals surface area (Å²) in [6.07, 6.45) is 0. The van der Waals surface area contributed by atoms with Gasteiger partial charge in [0.1, 0.15) is 0 Å². The van der Waals surface area contributed by atoms with Gasteiger partial charge in [-0.1, -0.05) is 60.7 Å². The van der Waals surface area contributed by atoms with E-state index >= 15 is 0 Å². The molecule has 1 aliphatic heterocycles. The minimum atomic E-state index is -1.29. The van der Waals surface area contributed by atoms with Crippen molar-refractivity contribution in [3.8, 4) is 11.1 Å². The van der Waals surface area contributed by atoms with Crippen molar-refractivity contribution in [2.75, 3.05) is 11.4 Å². The van der Waals surface area contributed by atoms with Crippen molar-refractivity contribution in [1.29, 1.82) is 0 Å². The fourth-order valence-corrected chi connectivity index (χ4v) is 4.79. The van der Waals surface area contributed by atoms with E-state index in [-0.39, 0.29) is 5.38 Å². The zero-order valence-electron chi connectivity index (χ0n) is 13.1. The predicted molar refractivity (Wildman–Crippen MR) is 101 cm³/mol. The zero-order chi connectivity index (χ0) is 16.7. The van der Waals surface area contributed by atoms with E-state index in [1.54, 1.807) is 4.31 Å². The van der Waals surface area contributed by atoms with Crippen LogP contribution < -0.4 is 4.31 Å². The molecule has 2 atom stereocenters. The first-order valence-corrected chi connectivity index (χ1v) is 9.29. The predicted octanol–water partition coefficient (Wildman–Crippen LogP) is 5.15. The summed E-state index contributed by atoms with van der Waals surface area (Å²) < 4.78 is 14.9. The zero-order valence-corrected chi connectivity index (χ0v) is 14.7. The maximum absolute atomic E-state index is 13.1. The van der Waals surface area contributed by atoms with Gasteiger partial charge in [0.25, 0.3) is 0 Å². The molecule has 1 aliphatic rings. The molecule has 4 rings (SSSR count). The molecule has 2 unspecified atom stereocenters. The van der Waals surface area contributed by atoms with E-state index in [4.69, 9.17) is 11.6 Å². The van der Waals surface area contributed by atoms with Crippen LogP contribution in [0.3, 0.4) is 0 Å². The van der Waals surface area contributed by atoms with Gasteiger partial charge in [0.05, 0.1) is 16.0 Å². The molecule has 0 spiro atoms. The number of halogens is 1. The number of nitrogens with zero attached hydrogens (tertiary/aromatic N) is 1. The monoisotopic (exact) mass is 353 g/mol. The van der Waals surface area contributed by atoms with E-state index in [1.807, 2.05) is 61.6 Å². The molecule has 0 radical (unpaired) electrons. The molecular weight excluding hydrogens is 338 g/mol. The maximum atomic E-state index is 13.1. The summed E-state index contributed by atoms with van der Waals surface area (Å²) in [5.41, 5.74) is 4.96. The van der Waals surface area contributed by atoms with E-state index in [1.165, 1.54) is 0 Å². The second-order valence-electron chi connectivity index (χ2n) is 5.79. The lowest BCUT2D eigenvalue weighted by Crippen LogP contribution is -2.20. The highest BCUT2D eigenvalue weighted by atomic mass is 35.5. The smallest absolute Gasteiger partial charge is 0.153 e. The number of anilines is 1. The van der Waals surface area contributed by atoms with Crippen molar-refractivity contribution in [3.63, 3.8) is 0 Å². The van der Waals surface area contributed by atoms with Crippen molar-refractivity contribution in [1.82, 2.24) is 0 Å². The van der Waals surface area contributed by atoms with Gasteiger partial charge in [-0.05, 0) is 34.4 Å². The van der Waals surface area contributed by atoms with Crippen LogP contribution in [-0.2, 0) is 11.0 Å². The van der Waals surface area contributed by atoms with Crippen LogP contribution in [0.5, 0.6) is 0 Å². The normalized spacial score (nSPS) is 19.3. The second kappa shape index (κ2) is 6.08. The van der Waals surface area contributed by atoms with E-state index in [9.17, 15) is 4.21 Å². The Labute approximate surface area is 149 Å². The Kier molecular flexibility index (Phi) is 3.91. The van der Waals surface area contributed by atoms with Gasteiger partial charge in [-0.3, -0.25) is 4.31 Å². The molecule has 4 heteroatoms. The molecule has 0 aromatic heterocycles. The minimum absolute atomic E-state index is 0.310. The van der Waals surface area contributed by atoms with E-state index < -0.39 is 11.0 Å². The number of fused-ring (bicyclic) bond motifs is 2. The van der Waals surface area contributed by atoms with Gasteiger partial charge >= 0.3 is 0 Å². The standard InChI is InChI=1S/C20H16ClNOS/c1-22-18-10-6-5-9-16(18)20(21)17-12-11-15(13-19(17)24(22)23)14-7-3-2-4-8-14/h2-13,20H,1H3. The molecule has 3 aromatic rings. The van der Waals surface area contributed by atoms with Crippen LogP contribution in [0.1, 0.15) is 16.5 Å². The van der Waals surface area contributed by atoms with Crippen molar-refractivity contribution in [2.45, 2.75) is 10.3 Å². The molecule has 120 valence electrons. The van der Waals surface area contributed by atoms with Crippen LogP contribution in [0.15, 0.2) is 77.7 Å². The van der Waals surface area contributed by atoms with Crippen LogP contribution in [0.2, 0.25) is 0 Å². The fraction of sp³-hybridized carbons (Fsp3) is 0.100. The molecule has 1 heterocycles. The Morgan fingerprint density at radius 3 is 2.38 bits per heavy atom. The molecule has 0 saturated heterocycles. The average Bonchev–Trinajstić information content (AvgIpc) is 2.73. The first-order chi connectivity index (χ1) is 11.7. The minimum Gasteiger partial charge on any atom is -0.290 e. The van der Waals surface area contributed by atoms with Gasteiger partial charge in [0.2, 0.25) is 0 Å². The Morgan fingerprint density at radius 1 is 0.875 bits per heavy atom. The Morgan fingerprint density at radius 2 is 1.58 bits per heavy atom. The number of hydrogen-bond donors (Lipinski definition) is 0. The number of alkyl halides is 1.